The zero-order chi connectivity index (χ0) is 23.1. The lowest BCUT2D eigenvalue weighted by Crippen LogP contribution is -2.09. The third kappa shape index (κ3) is 5.89. The van der Waals surface area contributed by atoms with E-state index in [1.165, 1.54) is 18.2 Å². The summed E-state index contributed by atoms with van der Waals surface area (Å²) in [6.07, 6.45) is 3.03. The monoisotopic (exact) mass is 433 g/mol. The highest BCUT2D eigenvalue weighted by atomic mass is 16.6. The number of nitro groups is 2. The molecule has 0 aliphatic heterocycles. The van der Waals surface area contributed by atoms with Gasteiger partial charge in [0.15, 0.2) is 0 Å². The van der Waals surface area contributed by atoms with E-state index in [1.807, 2.05) is 0 Å². The van der Waals surface area contributed by atoms with Crippen molar-refractivity contribution in [3.8, 4) is 0 Å². The van der Waals surface area contributed by atoms with Crippen molar-refractivity contribution < 1.29 is 14.6 Å². The van der Waals surface area contributed by atoms with E-state index >= 15 is 0 Å². The molecule has 0 aromatic heterocycles. The van der Waals surface area contributed by atoms with Crippen LogP contribution in [-0.4, -0.2) is 15.8 Å². The van der Waals surface area contributed by atoms with Crippen LogP contribution in [-0.2, 0) is 11.3 Å². The Balaban J connectivity index is 1.61. The first kappa shape index (κ1) is 22.0. The molecular formula is C22H19N5O5. The maximum absolute atomic E-state index is 12.1. The van der Waals surface area contributed by atoms with E-state index in [4.69, 9.17) is 5.73 Å². The molecule has 0 radical (unpaired) electrons. The molecule has 0 bridgehead atoms. The molecule has 32 heavy (non-hydrogen) atoms. The van der Waals surface area contributed by atoms with E-state index in [9.17, 15) is 25.0 Å². The molecule has 0 unspecified atom stereocenters. The van der Waals surface area contributed by atoms with Gasteiger partial charge in [-0.05, 0) is 41.5 Å². The lowest BCUT2D eigenvalue weighted by molar-refractivity contribution is -0.394. The number of carbonyl (C=O) groups excluding carboxylic acids is 1. The highest BCUT2D eigenvalue weighted by molar-refractivity contribution is 6.03. The Bertz CT molecular complexity index is 1160. The molecule has 4 N–H and O–H groups in total. The first-order valence-electron chi connectivity index (χ1n) is 9.42. The number of para-hydroxylation sites is 2. The van der Waals surface area contributed by atoms with E-state index in [0.717, 1.165) is 11.6 Å². The number of amides is 1. The van der Waals surface area contributed by atoms with Crippen molar-refractivity contribution in [1.29, 1.82) is 0 Å². The number of anilines is 3. The molecule has 0 saturated carbocycles. The van der Waals surface area contributed by atoms with E-state index in [2.05, 4.69) is 10.6 Å². The van der Waals surface area contributed by atoms with Gasteiger partial charge in [-0.2, -0.15) is 0 Å². The maximum Gasteiger partial charge on any atom is 0.276 e. The van der Waals surface area contributed by atoms with Gasteiger partial charge in [-0.1, -0.05) is 24.3 Å². The Morgan fingerprint density at radius 1 is 0.938 bits per heavy atom. The minimum absolute atomic E-state index is 0.165. The molecule has 162 valence electrons. The fourth-order valence-electron chi connectivity index (χ4n) is 2.84. The van der Waals surface area contributed by atoms with Crippen LogP contribution in [0, 0.1) is 20.2 Å². The van der Waals surface area contributed by atoms with Crippen molar-refractivity contribution in [3.05, 3.63) is 104 Å². The minimum Gasteiger partial charge on any atom is -0.397 e. The van der Waals surface area contributed by atoms with Gasteiger partial charge < -0.3 is 16.4 Å². The van der Waals surface area contributed by atoms with Crippen molar-refractivity contribution in [2.45, 2.75) is 6.54 Å². The van der Waals surface area contributed by atoms with E-state index < -0.39 is 9.85 Å². The van der Waals surface area contributed by atoms with Crippen LogP contribution in [0.5, 0.6) is 0 Å². The van der Waals surface area contributed by atoms with E-state index in [1.54, 1.807) is 54.6 Å². The molecule has 0 atom stereocenters. The number of hydrogen-bond donors (Lipinski definition) is 3. The third-order valence-corrected chi connectivity index (χ3v) is 4.44. The fourth-order valence-corrected chi connectivity index (χ4v) is 2.84. The number of nitrogens with zero attached hydrogens (tertiary/aromatic N) is 2. The highest BCUT2D eigenvalue weighted by Crippen LogP contribution is 2.23. The first-order chi connectivity index (χ1) is 15.3. The summed E-state index contributed by atoms with van der Waals surface area (Å²) in [6.45, 7) is 0.165. The number of non-ortho nitro benzene ring substituents is 2. The van der Waals surface area contributed by atoms with Gasteiger partial charge in [0.05, 0.1) is 27.3 Å². The predicted octanol–water partition coefficient (Wildman–Crippen LogP) is 4.35. The van der Waals surface area contributed by atoms with Crippen LogP contribution in [0.3, 0.4) is 0 Å². The summed E-state index contributed by atoms with van der Waals surface area (Å²) in [7, 11) is 0. The number of benzene rings is 3. The predicted molar refractivity (Wildman–Crippen MR) is 122 cm³/mol. The topological polar surface area (TPSA) is 153 Å². The van der Waals surface area contributed by atoms with Crippen LogP contribution in [0.1, 0.15) is 11.1 Å². The van der Waals surface area contributed by atoms with Crippen molar-refractivity contribution in [2.75, 3.05) is 16.4 Å². The van der Waals surface area contributed by atoms with Gasteiger partial charge in [-0.3, -0.25) is 25.0 Å². The molecule has 1 amide bonds. The average molecular weight is 433 g/mol. The number of carbonyl (C=O) groups is 1. The van der Waals surface area contributed by atoms with Crippen LogP contribution in [0.25, 0.3) is 6.08 Å². The lowest BCUT2D eigenvalue weighted by atomic mass is 10.1. The normalized spacial score (nSPS) is 10.6. The van der Waals surface area contributed by atoms with Crippen LogP contribution in [0.2, 0.25) is 0 Å². The van der Waals surface area contributed by atoms with Gasteiger partial charge in [0.2, 0.25) is 5.91 Å². The average Bonchev–Trinajstić information content (AvgIpc) is 2.78. The first-order valence-corrected chi connectivity index (χ1v) is 9.42. The van der Waals surface area contributed by atoms with Crippen molar-refractivity contribution >= 4 is 40.4 Å². The van der Waals surface area contributed by atoms with Crippen LogP contribution >= 0.6 is 0 Å². The summed E-state index contributed by atoms with van der Waals surface area (Å²) < 4.78 is 0. The Hall–Kier alpha value is -4.73. The molecule has 3 aromatic rings. The smallest absolute Gasteiger partial charge is 0.276 e. The second-order valence-electron chi connectivity index (χ2n) is 6.76. The number of nitrogens with two attached hydrogens (primary N) is 1. The Morgan fingerprint density at radius 3 is 2.16 bits per heavy atom. The summed E-state index contributed by atoms with van der Waals surface area (Å²) in [5.74, 6) is -0.322. The van der Waals surface area contributed by atoms with Gasteiger partial charge in [-0.15, -0.1) is 0 Å². The zero-order valence-electron chi connectivity index (χ0n) is 16.7. The molecule has 0 heterocycles. The largest absolute Gasteiger partial charge is 0.397 e. The molecule has 10 heteroatoms. The molecule has 0 aliphatic carbocycles. The second-order valence-corrected chi connectivity index (χ2v) is 6.76. The number of nitrogens with one attached hydrogen (secondary N) is 2. The molecule has 10 nitrogen and oxygen atoms in total. The molecule has 0 fully saturated rings. The Kier molecular flexibility index (Phi) is 6.76. The SMILES string of the molecule is Nc1ccccc1NC(=O)/C=C\c1ccc(NCc2cc([N+](=O)[O-])cc([N+](=O)[O-])c2)cc1. The number of nitrogen functional groups attached to an aromatic ring is 1. The minimum atomic E-state index is -0.667. The fraction of sp³-hybridized carbons (Fsp3) is 0.0455. The molecule has 3 rings (SSSR count). The molecule has 0 aliphatic rings. The second kappa shape index (κ2) is 9.85. The quantitative estimate of drug-likeness (QED) is 0.206. The summed E-state index contributed by atoms with van der Waals surface area (Å²) in [6, 6.07) is 17.5. The molecule has 3 aromatic carbocycles. The van der Waals surface area contributed by atoms with Crippen LogP contribution in [0.15, 0.2) is 72.8 Å². The van der Waals surface area contributed by atoms with Gasteiger partial charge in [0.1, 0.15) is 0 Å². The highest BCUT2D eigenvalue weighted by Gasteiger charge is 2.16. The van der Waals surface area contributed by atoms with Crippen molar-refractivity contribution in [1.82, 2.24) is 0 Å². The Labute approximate surface area is 182 Å². The summed E-state index contributed by atoms with van der Waals surface area (Å²) in [4.78, 5) is 32.7. The zero-order valence-corrected chi connectivity index (χ0v) is 16.7. The number of nitro benzene ring substituents is 2. The Morgan fingerprint density at radius 2 is 1.56 bits per heavy atom. The van der Waals surface area contributed by atoms with Gasteiger partial charge in [-0.25, -0.2) is 0 Å². The number of hydrogen-bond acceptors (Lipinski definition) is 7. The van der Waals surface area contributed by atoms with Crippen molar-refractivity contribution in [3.63, 3.8) is 0 Å². The molecular weight excluding hydrogens is 414 g/mol. The summed E-state index contributed by atoms with van der Waals surface area (Å²) >= 11 is 0. The van der Waals surface area contributed by atoms with Gasteiger partial charge in [0, 0.05) is 30.4 Å². The maximum atomic E-state index is 12.1. The lowest BCUT2D eigenvalue weighted by Gasteiger charge is -2.07. The van der Waals surface area contributed by atoms with Gasteiger partial charge >= 0.3 is 0 Å². The molecule has 0 saturated heterocycles. The van der Waals surface area contributed by atoms with E-state index in [0.29, 0.717) is 22.6 Å². The number of rotatable bonds is 8. The molecule has 0 spiro atoms. The third-order valence-electron chi connectivity index (χ3n) is 4.44. The van der Waals surface area contributed by atoms with E-state index in [-0.39, 0.29) is 23.8 Å². The standard InChI is InChI=1S/C22H19N5O5/c23-20-3-1-2-4-21(20)25-22(28)10-7-15-5-8-17(9-6-15)24-14-16-11-18(26(29)30)13-19(12-16)27(31)32/h1-13,24H,14,23H2,(H,25,28)/b10-7-. The summed E-state index contributed by atoms with van der Waals surface area (Å²) in [5.41, 5.74) is 8.01. The van der Waals surface area contributed by atoms with Crippen molar-refractivity contribution in [2.24, 2.45) is 0 Å². The summed E-state index contributed by atoms with van der Waals surface area (Å²) in [5, 5.41) is 27.7. The van der Waals surface area contributed by atoms with Gasteiger partial charge in [0.25, 0.3) is 11.4 Å². The van der Waals surface area contributed by atoms with Crippen LogP contribution in [0.4, 0.5) is 28.4 Å². The van der Waals surface area contributed by atoms with Crippen LogP contribution < -0.4 is 16.4 Å².